The molecule has 7 nitrogen and oxygen atoms in total. The van der Waals surface area contributed by atoms with Crippen LogP contribution in [0.3, 0.4) is 0 Å². The maximum Gasteiger partial charge on any atom is 0.244 e. The lowest BCUT2D eigenvalue weighted by atomic mass is 10.0. The SMILES string of the molecule is Cc1ccc(N(CC(=O)N(Cc2ccccc2C)[C@H](Cc2ccccc2)C(=O)NCC(C)C)S(C)(=O)=O)cc1Cl. The van der Waals surface area contributed by atoms with Crippen molar-refractivity contribution in [3.63, 3.8) is 0 Å². The first kappa shape index (κ1) is 31.2. The number of rotatable bonds is 12. The first-order valence-corrected chi connectivity index (χ1v) is 15.5. The average molecular weight is 584 g/mol. The highest BCUT2D eigenvalue weighted by Gasteiger charge is 2.33. The van der Waals surface area contributed by atoms with Gasteiger partial charge in [0.1, 0.15) is 12.6 Å². The van der Waals surface area contributed by atoms with E-state index in [1.165, 1.54) is 11.0 Å². The third kappa shape index (κ3) is 8.57. The van der Waals surface area contributed by atoms with Gasteiger partial charge in [0.15, 0.2) is 0 Å². The lowest BCUT2D eigenvalue weighted by molar-refractivity contribution is -0.140. The first-order valence-electron chi connectivity index (χ1n) is 13.3. The van der Waals surface area contributed by atoms with Gasteiger partial charge in [-0.1, -0.05) is 86.1 Å². The van der Waals surface area contributed by atoms with E-state index >= 15 is 0 Å². The van der Waals surface area contributed by atoms with Crippen LogP contribution in [0, 0.1) is 19.8 Å². The van der Waals surface area contributed by atoms with Gasteiger partial charge < -0.3 is 10.2 Å². The Hall–Kier alpha value is -3.36. The van der Waals surface area contributed by atoms with Gasteiger partial charge in [-0.3, -0.25) is 13.9 Å². The lowest BCUT2D eigenvalue weighted by Crippen LogP contribution is -2.53. The van der Waals surface area contributed by atoms with Crippen molar-refractivity contribution >= 4 is 39.1 Å². The molecule has 0 aliphatic heterocycles. The highest BCUT2D eigenvalue weighted by atomic mass is 35.5. The predicted molar refractivity (Wildman–Crippen MR) is 162 cm³/mol. The fraction of sp³-hybridized carbons (Fsp3) is 0.355. The number of carbonyl (C=O) groups excluding carboxylic acids is 2. The number of sulfonamides is 1. The molecule has 0 bridgehead atoms. The van der Waals surface area contributed by atoms with Gasteiger partial charge in [0.25, 0.3) is 0 Å². The highest BCUT2D eigenvalue weighted by Crippen LogP contribution is 2.26. The van der Waals surface area contributed by atoms with Gasteiger partial charge in [0, 0.05) is 24.5 Å². The standard InChI is InChI=1S/C31H38ClN3O4S/c1-22(2)19-33-31(37)29(17-25-12-7-6-8-13-25)34(20-26-14-10-9-11-23(26)3)30(36)21-35(40(5,38)39)27-16-15-24(4)28(32)18-27/h6-16,18,22,29H,17,19-21H2,1-5H3,(H,33,37)/t29-/m1/s1. The second-order valence-electron chi connectivity index (χ2n) is 10.5. The molecule has 3 aromatic rings. The van der Waals surface area contributed by atoms with Crippen molar-refractivity contribution in [3.05, 3.63) is 100 Å². The quantitative estimate of drug-likeness (QED) is 0.320. The molecule has 9 heteroatoms. The Morgan fingerprint density at radius 2 is 1.57 bits per heavy atom. The van der Waals surface area contributed by atoms with Crippen LogP contribution >= 0.6 is 11.6 Å². The predicted octanol–water partition coefficient (Wildman–Crippen LogP) is 5.14. The van der Waals surface area contributed by atoms with Crippen LogP contribution in [0.15, 0.2) is 72.8 Å². The zero-order valence-electron chi connectivity index (χ0n) is 23.7. The molecule has 0 unspecified atom stereocenters. The third-order valence-corrected chi connectivity index (χ3v) is 8.23. The van der Waals surface area contributed by atoms with Crippen molar-refractivity contribution < 1.29 is 18.0 Å². The van der Waals surface area contributed by atoms with Gasteiger partial charge in [-0.05, 0) is 54.2 Å². The number of aryl methyl sites for hydroxylation is 2. The summed E-state index contributed by atoms with van der Waals surface area (Å²) < 4.78 is 26.8. The van der Waals surface area contributed by atoms with Crippen LogP contribution in [0.5, 0.6) is 0 Å². The molecule has 0 radical (unpaired) electrons. The Balaban J connectivity index is 2.07. The van der Waals surface area contributed by atoms with E-state index in [2.05, 4.69) is 5.32 Å². The van der Waals surface area contributed by atoms with E-state index in [1.807, 2.05) is 82.3 Å². The number of nitrogens with one attached hydrogen (secondary N) is 1. The molecule has 0 spiro atoms. The summed E-state index contributed by atoms with van der Waals surface area (Å²) in [5.41, 5.74) is 3.80. The van der Waals surface area contributed by atoms with Crippen LogP contribution in [0.1, 0.15) is 36.1 Å². The minimum Gasteiger partial charge on any atom is -0.354 e. The monoisotopic (exact) mass is 583 g/mol. The van der Waals surface area contributed by atoms with E-state index in [4.69, 9.17) is 11.6 Å². The smallest absolute Gasteiger partial charge is 0.244 e. The second-order valence-corrected chi connectivity index (χ2v) is 12.8. The molecule has 0 aliphatic rings. The molecule has 1 N–H and O–H groups in total. The molecule has 0 saturated carbocycles. The molecule has 0 saturated heterocycles. The summed E-state index contributed by atoms with van der Waals surface area (Å²) in [4.78, 5) is 29.3. The van der Waals surface area contributed by atoms with Crippen LogP contribution in [0.2, 0.25) is 5.02 Å². The minimum absolute atomic E-state index is 0.143. The van der Waals surface area contributed by atoms with Gasteiger partial charge in [-0.2, -0.15) is 0 Å². The fourth-order valence-electron chi connectivity index (χ4n) is 4.30. The number of anilines is 1. The van der Waals surface area contributed by atoms with Crippen molar-refractivity contribution in [1.82, 2.24) is 10.2 Å². The molecule has 1 atom stereocenters. The van der Waals surface area contributed by atoms with Crippen LogP contribution < -0.4 is 9.62 Å². The van der Waals surface area contributed by atoms with E-state index < -0.39 is 28.5 Å². The van der Waals surface area contributed by atoms with E-state index in [9.17, 15) is 18.0 Å². The Morgan fingerprint density at radius 3 is 2.17 bits per heavy atom. The van der Waals surface area contributed by atoms with Gasteiger partial charge in [0.2, 0.25) is 21.8 Å². The number of carbonyl (C=O) groups is 2. The molecule has 40 heavy (non-hydrogen) atoms. The molecule has 0 heterocycles. The molecule has 214 valence electrons. The zero-order chi connectivity index (χ0) is 29.4. The van der Waals surface area contributed by atoms with Crippen molar-refractivity contribution in [3.8, 4) is 0 Å². The Labute approximate surface area is 243 Å². The van der Waals surface area contributed by atoms with Crippen molar-refractivity contribution in [2.24, 2.45) is 5.92 Å². The summed E-state index contributed by atoms with van der Waals surface area (Å²) in [6.07, 6.45) is 1.33. The molecular weight excluding hydrogens is 546 g/mol. The van der Waals surface area contributed by atoms with Gasteiger partial charge in [-0.25, -0.2) is 8.42 Å². The zero-order valence-corrected chi connectivity index (χ0v) is 25.3. The summed E-state index contributed by atoms with van der Waals surface area (Å²) in [5, 5.41) is 3.38. The number of hydrogen-bond acceptors (Lipinski definition) is 4. The first-order chi connectivity index (χ1) is 18.9. The van der Waals surface area contributed by atoms with Crippen LogP contribution in [0.25, 0.3) is 0 Å². The van der Waals surface area contributed by atoms with Crippen molar-refractivity contribution in [2.45, 2.75) is 46.7 Å². The normalized spacial score (nSPS) is 12.2. The van der Waals surface area contributed by atoms with E-state index in [1.54, 1.807) is 12.1 Å². The highest BCUT2D eigenvalue weighted by molar-refractivity contribution is 7.92. The molecule has 3 rings (SSSR count). The van der Waals surface area contributed by atoms with Crippen LogP contribution in [0.4, 0.5) is 5.69 Å². The van der Waals surface area contributed by atoms with E-state index in [-0.39, 0.29) is 30.5 Å². The fourth-order valence-corrected chi connectivity index (χ4v) is 5.31. The Kier molecular flexibility index (Phi) is 10.8. The lowest BCUT2D eigenvalue weighted by Gasteiger charge is -2.34. The molecule has 3 aromatic carbocycles. The molecule has 2 amide bonds. The average Bonchev–Trinajstić information content (AvgIpc) is 2.90. The summed E-state index contributed by atoms with van der Waals surface area (Å²) in [7, 11) is -3.86. The number of benzene rings is 3. The van der Waals surface area contributed by atoms with Gasteiger partial charge in [-0.15, -0.1) is 0 Å². The van der Waals surface area contributed by atoms with Crippen molar-refractivity contribution in [2.75, 3.05) is 23.7 Å². The van der Waals surface area contributed by atoms with Crippen molar-refractivity contribution in [1.29, 1.82) is 0 Å². The number of halogens is 1. The minimum atomic E-state index is -3.86. The Morgan fingerprint density at radius 1 is 0.925 bits per heavy atom. The number of hydrogen-bond donors (Lipinski definition) is 1. The third-order valence-electron chi connectivity index (χ3n) is 6.68. The van der Waals surface area contributed by atoms with Gasteiger partial charge >= 0.3 is 0 Å². The topological polar surface area (TPSA) is 86.8 Å². The van der Waals surface area contributed by atoms with Crippen LogP contribution in [-0.2, 0) is 32.6 Å². The molecule has 0 aliphatic carbocycles. The maximum absolute atomic E-state index is 14.1. The maximum atomic E-state index is 14.1. The Bertz CT molecular complexity index is 1430. The summed E-state index contributed by atoms with van der Waals surface area (Å²) in [6, 6.07) is 21.1. The molecule has 0 fully saturated rings. The van der Waals surface area contributed by atoms with E-state index in [0.717, 1.165) is 32.8 Å². The number of nitrogens with zero attached hydrogens (tertiary/aromatic N) is 2. The summed E-state index contributed by atoms with van der Waals surface area (Å²) in [6.45, 7) is 7.87. The number of amides is 2. The molecular formula is C31H38ClN3O4S. The van der Waals surface area contributed by atoms with Crippen LogP contribution in [-0.4, -0.2) is 50.5 Å². The summed E-state index contributed by atoms with van der Waals surface area (Å²) >= 11 is 6.30. The van der Waals surface area contributed by atoms with Gasteiger partial charge in [0.05, 0.1) is 11.9 Å². The largest absolute Gasteiger partial charge is 0.354 e. The van der Waals surface area contributed by atoms with E-state index in [0.29, 0.717) is 11.6 Å². The summed E-state index contributed by atoms with van der Waals surface area (Å²) in [5.74, 6) is -0.566. The molecule has 0 aromatic heterocycles. The second kappa shape index (κ2) is 13.8.